The molecule has 0 saturated carbocycles. The van der Waals surface area contributed by atoms with Gasteiger partial charge in [-0.3, -0.25) is 14.2 Å². The van der Waals surface area contributed by atoms with Gasteiger partial charge in [-0.05, 0) is 41.9 Å². The van der Waals surface area contributed by atoms with Crippen LogP contribution in [0.4, 0.5) is 13.2 Å². The van der Waals surface area contributed by atoms with Crippen LogP contribution < -0.4 is 11.2 Å². The van der Waals surface area contributed by atoms with E-state index in [9.17, 15) is 32.3 Å². The Balaban J connectivity index is 2.67. The van der Waals surface area contributed by atoms with Gasteiger partial charge in [-0.2, -0.15) is 0 Å². The number of hydrogen-bond acceptors (Lipinski definition) is 5. The van der Waals surface area contributed by atoms with Crippen LogP contribution in [-0.2, 0) is 16.6 Å². The van der Waals surface area contributed by atoms with Crippen molar-refractivity contribution in [3.05, 3.63) is 60.6 Å². The molecule has 28 heavy (non-hydrogen) atoms. The van der Waals surface area contributed by atoms with Crippen LogP contribution in [-0.4, -0.2) is 27.0 Å². The normalized spacial score (nSPS) is 12.1. The molecule has 7 nitrogen and oxygen atoms in total. The van der Waals surface area contributed by atoms with Gasteiger partial charge in [0.05, 0.1) is 16.9 Å². The maximum absolute atomic E-state index is 14.4. The second-order valence-corrected chi connectivity index (χ2v) is 6.68. The standard InChI is InChI=1S/C17H14BrF3N2O5/c1-7(24)8(2)28-16(26)9-4-12(11(19)5-10(9)18)23-14(25)6-13(15(20)21)22(3)17(23)27/h4-6,8,15H,1-3H3. The maximum atomic E-state index is 14.4. The summed E-state index contributed by atoms with van der Waals surface area (Å²) in [7, 11) is 1.00. The molecule has 1 unspecified atom stereocenters. The molecule has 0 fully saturated rings. The van der Waals surface area contributed by atoms with Crippen molar-refractivity contribution in [2.45, 2.75) is 26.4 Å². The zero-order valence-electron chi connectivity index (χ0n) is 14.8. The lowest BCUT2D eigenvalue weighted by Gasteiger charge is -2.14. The second kappa shape index (κ2) is 8.13. The molecule has 0 aliphatic rings. The summed E-state index contributed by atoms with van der Waals surface area (Å²) in [6, 6.07) is 2.18. The molecule has 0 amide bonds. The molecule has 0 N–H and O–H groups in total. The highest BCUT2D eigenvalue weighted by Crippen LogP contribution is 2.24. The molecule has 1 aromatic carbocycles. The summed E-state index contributed by atoms with van der Waals surface area (Å²) >= 11 is 2.97. The van der Waals surface area contributed by atoms with Crippen LogP contribution >= 0.6 is 15.9 Å². The van der Waals surface area contributed by atoms with E-state index >= 15 is 0 Å². The van der Waals surface area contributed by atoms with Gasteiger partial charge < -0.3 is 4.74 Å². The van der Waals surface area contributed by atoms with Crippen molar-refractivity contribution in [2.75, 3.05) is 0 Å². The van der Waals surface area contributed by atoms with Gasteiger partial charge in [0.2, 0.25) is 0 Å². The van der Waals surface area contributed by atoms with Crippen molar-refractivity contribution in [1.82, 2.24) is 9.13 Å². The first-order valence-corrected chi connectivity index (χ1v) is 8.57. The Hall–Kier alpha value is -2.69. The minimum atomic E-state index is -3.09. The number of carbonyl (C=O) groups excluding carboxylic acids is 2. The van der Waals surface area contributed by atoms with Crippen LogP contribution in [0, 0.1) is 5.82 Å². The molecule has 150 valence electrons. The fourth-order valence-corrected chi connectivity index (χ4v) is 2.72. The molecule has 2 rings (SSSR count). The minimum absolute atomic E-state index is 0.0522. The zero-order chi connectivity index (χ0) is 21.3. The van der Waals surface area contributed by atoms with E-state index in [4.69, 9.17) is 4.74 Å². The van der Waals surface area contributed by atoms with Gasteiger partial charge in [0.25, 0.3) is 12.0 Å². The molecule has 11 heteroatoms. The van der Waals surface area contributed by atoms with E-state index in [1.807, 2.05) is 0 Å². The third-order valence-corrected chi connectivity index (χ3v) is 4.59. The van der Waals surface area contributed by atoms with E-state index in [2.05, 4.69) is 15.9 Å². The minimum Gasteiger partial charge on any atom is -0.451 e. The van der Waals surface area contributed by atoms with Gasteiger partial charge in [0, 0.05) is 17.6 Å². The van der Waals surface area contributed by atoms with Crippen LogP contribution in [0.1, 0.15) is 36.3 Å². The summed E-state index contributed by atoms with van der Waals surface area (Å²) in [5, 5.41) is 0. The fraction of sp³-hybridized carbons (Fsp3) is 0.294. The van der Waals surface area contributed by atoms with Crippen molar-refractivity contribution < 1.29 is 27.5 Å². The van der Waals surface area contributed by atoms with E-state index < -0.39 is 52.7 Å². The van der Waals surface area contributed by atoms with Crippen molar-refractivity contribution >= 4 is 27.7 Å². The first-order valence-electron chi connectivity index (χ1n) is 7.77. The number of halogens is 4. The van der Waals surface area contributed by atoms with Crippen LogP contribution in [0.15, 0.2) is 32.3 Å². The van der Waals surface area contributed by atoms with Gasteiger partial charge in [-0.15, -0.1) is 0 Å². The summed E-state index contributed by atoms with van der Waals surface area (Å²) in [4.78, 5) is 48.0. The van der Waals surface area contributed by atoms with E-state index in [1.165, 1.54) is 13.8 Å². The molecule has 0 bridgehead atoms. The topological polar surface area (TPSA) is 87.4 Å². The van der Waals surface area contributed by atoms with E-state index in [0.29, 0.717) is 15.2 Å². The van der Waals surface area contributed by atoms with Crippen molar-refractivity contribution in [3.63, 3.8) is 0 Å². The highest BCUT2D eigenvalue weighted by Gasteiger charge is 2.23. The maximum Gasteiger partial charge on any atom is 0.340 e. The molecule has 1 heterocycles. The van der Waals surface area contributed by atoms with Gasteiger partial charge in [-0.25, -0.2) is 27.3 Å². The number of alkyl halides is 2. The average Bonchev–Trinajstić information content (AvgIpc) is 2.59. The highest BCUT2D eigenvalue weighted by atomic mass is 79.9. The Morgan fingerprint density at radius 2 is 1.79 bits per heavy atom. The second-order valence-electron chi connectivity index (χ2n) is 5.83. The SMILES string of the molecule is CC(=O)C(C)OC(=O)c1cc(-n2c(=O)cc(C(F)F)n(C)c2=O)c(F)cc1Br. The lowest BCUT2D eigenvalue weighted by atomic mass is 10.2. The predicted octanol–water partition coefficient (Wildman–Crippen LogP) is 2.51. The summed E-state index contributed by atoms with van der Waals surface area (Å²) in [6.45, 7) is 2.54. The fourth-order valence-electron chi connectivity index (χ4n) is 2.25. The lowest BCUT2D eigenvalue weighted by Crippen LogP contribution is -2.39. The molecule has 0 aliphatic carbocycles. The Kier molecular flexibility index (Phi) is 6.27. The number of nitrogens with zero attached hydrogens (tertiary/aromatic N) is 2. The van der Waals surface area contributed by atoms with Gasteiger partial charge >= 0.3 is 11.7 Å². The number of rotatable bonds is 5. The summed E-state index contributed by atoms with van der Waals surface area (Å²) in [5.41, 5.74) is -4.15. The molecule has 0 radical (unpaired) electrons. The van der Waals surface area contributed by atoms with Crippen LogP contribution in [0.25, 0.3) is 5.69 Å². The van der Waals surface area contributed by atoms with E-state index in [-0.39, 0.29) is 10.0 Å². The van der Waals surface area contributed by atoms with E-state index in [0.717, 1.165) is 19.2 Å². The zero-order valence-corrected chi connectivity index (χ0v) is 16.4. The number of benzene rings is 1. The number of hydrogen-bond donors (Lipinski definition) is 0. The molecular formula is C17H14BrF3N2O5. The molecule has 2 aromatic rings. The van der Waals surface area contributed by atoms with E-state index in [1.54, 1.807) is 0 Å². The average molecular weight is 463 g/mol. The van der Waals surface area contributed by atoms with Crippen molar-refractivity contribution in [3.8, 4) is 5.69 Å². The molecule has 1 atom stereocenters. The third kappa shape index (κ3) is 4.08. The molecular weight excluding hydrogens is 449 g/mol. The van der Waals surface area contributed by atoms with Gasteiger partial charge in [0.1, 0.15) is 5.82 Å². The Morgan fingerprint density at radius 1 is 1.18 bits per heavy atom. The van der Waals surface area contributed by atoms with Crippen LogP contribution in [0.2, 0.25) is 0 Å². The monoisotopic (exact) mass is 462 g/mol. The lowest BCUT2D eigenvalue weighted by molar-refractivity contribution is -0.124. The smallest absolute Gasteiger partial charge is 0.340 e. The van der Waals surface area contributed by atoms with Crippen LogP contribution in [0.3, 0.4) is 0 Å². The highest BCUT2D eigenvalue weighted by molar-refractivity contribution is 9.10. The quantitative estimate of drug-likeness (QED) is 0.637. The molecule has 0 saturated heterocycles. The number of carbonyl (C=O) groups is 2. The molecule has 0 aliphatic heterocycles. The Bertz CT molecular complexity index is 1080. The number of ketones is 1. The Labute approximate surface area is 164 Å². The number of esters is 1. The summed E-state index contributed by atoms with van der Waals surface area (Å²) in [6.07, 6.45) is -4.16. The number of Topliss-reactive ketones (excluding diaryl/α,β-unsaturated/α-hetero) is 1. The molecule has 0 spiro atoms. The van der Waals surface area contributed by atoms with Gasteiger partial charge in [-0.1, -0.05) is 0 Å². The largest absolute Gasteiger partial charge is 0.451 e. The van der Waals surface area contributed by atoms with Crippen molar-refractivity contribution in [2.24, 2.45) is 7.05 Å². The predicted molar refractivity (Wildman–Crippen MR) is 95.5 cm³/mol. The first kappa shape index (κ1) is 21.6. The Morgan fingerprint density at radius 3 is 2.32 bits per heavy atom. The third-order valence-electron chi connectivity index (χ3n) is 3.93. The van der Waals surface area contributed by atoms with Crippen LogP contribution in [0.5, 0.6) is 0 Å². The number of ether oxygens (including phenoxy) is 1. The van der Waals surface area contributed by atoms with Gasteiger partial charge in [0.15, 0.2) is 11.9 Å². The number of aromatic nitrogens is 2. The first-order chi connectivity index (χ1) is 13.0. The summed E-state index contributed by atoms with van der Waals surface area (Å²) in [5.74, 6) is -2.50. The summed E-state index contributed by atoms with van der Waals surface area (Å²) < 4.78 is 46.0. The van der Waals surface area contributed by atoms with Crippen molar-refractivity contribution in [1.29, 1.82) is 0 Å². The molecule has 1 aromatic heterocycles.